The molecule has 2 rings (SSSR count). The molecule has 16 heavy (non-hydrogen) atoms. The second-order valence-electron chi connectivity index (χ2n) is 3.98. The Morgan fingerprint density at radius 1 is 1.69 bits per heavy atom. The van der Waals surface area contributed by atoms with Crippen LogP contribution >= 0.6 is 0 Å². The maximum Gasteiger partial charge on any atom is 0.341 e. The van der Waals surface area contributed by atoms with E-state index in [-0.39, 0.29) is 0 Å². The Morgan fingerprint density at radius 3 is 3.06 bits per heavy atom. The van der Waals surface area contributed by atoms with Crippen LogP contribution in [0.5, 0.6) is 0 Å². The van der Waals surface area contributed by atoms with Crippen LogP contribution in [0.4, 0.5) is 11.5 Å². The Hall–Kier alpha value is -1.78. The molecular formula is C11H15N3O2. The minimum atomic E-state index is -0.418. The van der Waals surface area contributed by atoms with E-state index in [1.165, 1.54) is 26.1 Å². The summed E-state index contributed by atoms with van der Waals surface area (Å²) in [5.74, 6) is 0.843. The zero-order valence-electron chi connectivity index (χ0n) is 9.19. The number of hydrogen-bond acceptors (Lipinski definition) is 5. The van der Waals surface area contributed by atoms with E-state index in [1.807, 2.05) is 0 Å². The minimum absolute atomic E-state index is 0.392. The zero-order chi connectivity index (χ0) is 11.5. The smallest absolute Gasteiger partial charge is 0.341 e. The molecule has 0 atom stereocenters. The molecule has 1 saturated carbocycles. The summed E-state index contributed by atoms with van der Waals surface area (Å²) in [4.78, 5) is 15.6. The molecule has 0 unspecified atom stereocenters. The standard InChI is InChI=1S/C11H15N3O2/c1-16-11(15)9-4-8(12)6-14-10(9)13-5-7-2-3-7/h4,6-7H,2-3,5,12H2,1H3,(H,13,14). The average Bonchev–Trinajstić information content (AvgIpc) is 3.10. The van der Waals surface area contributed by atoms with E-state index >= 15 is 0 Å². The summed E-state index contributed by atoms with van der Waals surface area (Å²) in [5, 5.41) is 3.15. The van der Waals surface area contributed by atoms with Gasteiger partial charge in [-0.05, 0) is 24.8 Å². The van der Waals surface area contributed by atoms with Gasteiger partial charge in [0.1, 0.15) is 11.4 Å². The molecule has 1 aliphatic rings. The van der Waals surface area contributed by atoms with Crippen LogP contribution in [-0.4, -0.2) is 24.6 Å². The Bertz CT molecular complexity index is 402. The summed E-state index contributed by atoms with van der Waals surface area (Å²) in [5.41, 5.74) is 6.44. The van der Waals surface area contributed by atoms with E-state index in [1.54, 1.807) is 6.07 Å². The number of carbonyl (C=O) groups is 1. The number of methoxy groups -OCH3 is 1. The lowest BCUT2D eigenvalue weighted by molar-refractivity contribution is 0.0601. The minimum Gasteiger partial charge on any atom is -0.465 e. The molecule has 1 aromatic heterocycles. The largest absolute Gasteiger partial charge is 0.465 e. The number of nitrogens with zero attached hydrogens (tertiary/aromatic N) is 1. The van der Waals surface area contributed by atoms with Gasteiger partial charge < -0.3 is 15.8 Å². The van der Waals surface area contributed by atoms with Crippen LogP contribution in [0.1, 0.15) is 23.2 Å². The monoisotopic (exact) mass is 221 g/mol. The fraction of sp³-hybridized carbons (Fsp3) is 0.455. The fourth-order valence-corrected chi connectivity index (χ4v) is 1.45. The van der Waals surface area contributed by atoms with Crippen LogP contribution in [0.2, 0.25) is 0 Å². The molecule has 0 amide bonds. The molecule has 0 aliphatic heterocycles. The van der Waals surface area contributed by atoms with E-state index < -0.39 is 5.97 Å². The van der Waals surface area contributed by atoms with Gasteiger partial charge in [0.2, 0.25) is 0 Å². The van der Waals surface area contributed by atoms with E-state index in [4.69, 9.17) is 5.73 Å². The van der Waals surface area contributed by atoms with Crippen LogP contribution < -0.4 is 11.1 Å². The predicted octanol–water partition coefficient (Wildman–Crippen LogP) is 1.27. The summed E-state index contributed by atoms with van der Waals surface area (Å²) in [7, 11) is 1.34. The highest BCUT2D eigenvalue weighted by Crippen LogP contribution is 2.29. The van der Waals surface area contributed by atoms with Crippen LogP contribution in [0, 0.1) is 5.92 Å². The summed E-state index contributed by atoms with van der Waals surface area (Å²) < 4.78 is 4.68. The molecule has 1 aromatic rings. The molecule has 5 nitrogen and oxygen atoms in total. The van der Waals surface area contributed by atoms with Crippen molar-refractivity contribution in [2.45, 2.75) is 12.8 Å². The highest BCUT2D eigenvalue weighted by Gasteiger charge is 2.22. The Kier molecular flexibility index (Phi) is 2.94. The normalized spacial score (nSPS) is 14.6. The van der Waals surface area contributed by atoms with Crippen molar-refractivity contribution in [1.82, 2.24) is 4.98 Å². The first-order valence-corrected chi connectivity index (χ1v) is 5.28. The molecule has 1 heterocycles. The summed E-state index contributed by atoms with van der Waals surface area (Å²) >= 11 is 0. The first-order valence-electron chi connectivity index (χ1n) is 5.28. The van der Waals surface area contributed by atoms with Crippen molar-refractivity contribution in [3.63, 3.8) is 0 Å². The number of nitrogen functional groups attached to an aromatic ring is 1. The van der Waals surface area contributed by atoms with Crippen molar-refractivity contribution in [3.05, 3.63) is 17.8 Å². The lowest BCUT2D eigenvalue weighted by atomic mass is 10.2. The third-order valence-corrected chi connectivity index (χ3v) is 2.57. The molecular weight excluding hydrogens is 206 g/mol. The second kappa shape index (κ2) is 4.38. The topological polar surface area (TPSA) is 77.2 Å². The van der Waals surface area contributed by atoms with Gasteiger partial charge in [-0.1, -0.05) is 0 Å². The number of ether oxygens (including phenoxy) is 1. The van der Waals surface area contributed by atoms with Gasteiger partial charge in [0.25, 0.3) is 0 Å². The number of aromatic nitrogens is 1. The number of anilines is 2. The van der Waals surface area contributed by atoms with Crippen LogP contribution in [-0.2, 0) is 4.74 Å². The van der Waals surface area contributed by atoms with E-state index in [0.29, 0.717) is 23.0 Å². The van der Waals surface area contributed by atoms with E-state index in [2.05, 4.69) is 15.0 Å². The molecule has 86 valence electrons. The van der Waals surface area contributed by atoms with E-state index in [9.17, 15) is 4.79 Å². The molecule has 1 aliphatic carbocycles. The van der Waals surface area contributed by atoms with Crippen molar-refractivity contribution < 1.29 is 9.53 Å². The molecule has 3 N–H and O–H groups in total. The number of carbonyl (C=O) groups excluding carboxylic acids is 1. The summed E-state index contributed by atoms with van der Waals surface area (Å²) in [6.07, 6.45) is 4.02. The SMILES string of the molecule is COC(=O)c1cc(N)cnc1NCC1CC1. The molecule has 1 fully saturated rings. The fourth-order valence-electron chi connectivity index (χ4n) is 1.45. The van der Waals surface area contributed by atoms with Gasteiger partial charge in [-0.2, -0.15) is 0 Å². The van der Waals surface area contributed by atoms with Crippen LogP contribution in [0.15, 0.2) is 12.3 Å². The van der Waals surface area contributed by atoms with Gasteiger partial charge in [-0.15, -0.1) is 0 Å². The maximum atomic E-state index is 11.5. The molecule has 0 bridgehead atoms. The summed E-state index contributed by atoms with van der Waals surface area (Å²) in [6, 6.07) is 1.58. The number of nitrogens with one attached hydrogen (secondary N) is 1. The van der Waals surface area contributed by atoms with Gasteiger partial charge in [-0.25, -0.2) is 9.78 Å². The van der Waals surface area contributed by atoms with Crippen molar-refractivity contribution in [2.75, 3.05) is 24.7 Å². The molecule has 0 radical (unpaired) electrons. The van der Waals surface area contributed by atoms with Gasteiger partial charge in [-0.3, -0.25) is 0 Å². The summed E-state index contributed by atoms with van der Waals surface area (Å²) in [6.45, 7) is 0.848. The van der Waals surface area contributed by atoms with E-state index in [0.717, 1.165) is 6.54 Å². The number of pyridine rings is 1. The van der Waals surface area contributed by atoms with Crippen molar-refractivity contribution in [3.8, 4) is 0 Å². The number of esters is 1. The third-order valence-electron chi connectivity index (χ3n) is 2.57. The average molecular weight is 221 g/mol. The highest BCUT2D eigenvalue weighted by molar-refractivity contribution is 5.95. The van der Waals surface area contributed by atoms with Crippen LogP contribution in [0.3, 0.4) is 0 Å². The Labute approximate surface area is 94.0 Å². The Balaban J connectivity index is 2.16. The third kappa shape index (κ3) is 2.42. The van der Waals surface area contributed by atoms with Gasteiger partial charge in [0.15, 0.2) is 0 Å². The molecule has 5 heteroatoms. The van der Waals surface area contributed by atoms with Gasteiger partial charge in [0.05, 0.1) is 19.0 Å². The lowest BCUT2D eigenvalue weighted by Gasteiger charge is -2.09. The Morgan fingerprint density at radius 2 is 2.44 bits per heavy atom. The predicted molar refractivity (Wildman–Crippen MR) is 61.2 cm³/mol. The van der Waals surface area contributed by atoms with Crippen molar-refractivity contribution >= 4 is 17.5 Å². The lowest BCUT2D eigenvalue weighted by Crippen LogP contribution is -2.12. The molecule has 0 aromatic carbocycles. The molecule has 0 spiro atoms. The first-order chi connectivity index (χ1) is 7.70. The van der Waals surface area contributed by atoms with Crippen molar-refractivity contribution in [2.24, 2.45) is 5.92 Å². The van der Waals surface area contributed by atoms with Crippen molar-refractivity contribution in [1.29, 1.82) is 0 Å². The zero-order valence-corrected chi connectivity index (χ0v) is 9.19. The number of nitrogens with two attached hydrogens (primary N) is 1. The number of hydrogen-bond donors (Lipinski definition) is 2. The highest BCUT2D eigenvalue weighted by atomic mass is 16.5. The molecule has 0 saturated heterocycles. The van der Waals surface area contributed by atoms with Gasteiger partial charge in [0, 0.05) is 6.54 Å². The number of rotatable bonds is 4. The quantitative estimate of drug-likeness (QED) is 0.749. The maximum absolute atomic E-state index is 11.5. The van der Waals surface area contributed by atoms with Gasteiger partial charge >= 0.3 is 5.97 Å². The first kappa shape index (κ1) is 10.7. The second-order valence-corrected chi connectivity index (χ2v) is 3.98. The van der Waals surface area contributed by atoms with Crippen LogP contribution in [0.25, 0.3) is 0 Å².